The molecule has 4 nitrogen and oxygen atoms in total. The van der Waals surface area contributed by atoms with Crippen LogP contribution in [0.25, 0.3) is 17.8 Å². The second kappa shape index (κ2) is 4.17. The molecule has 0 radical (unpaired) electrons. The molecule has 0 saturated carbocycles. The summed E-state index contributed by atoms with van der Waals surface area (Å²) in [6.45, 7) is 0. The first-order valence-electron chi connectivity index (χ1n) is 5.32. The lowest BCUT2D eigenvalue weighted by Crippen LogP contribution is -1.96. The molecule has 0 fully saturated rings. The van der Waals surface area contributed by atoms with E-state index in [-0.39, 0.29) is 0 Å². The Bertz CT molecular complexity index is 655. The Hall–Kier alpha value is -2.49. The molecule has 0 aliphatic rings. The van der Waals surface area contributed by atoms with Gasteiger partial charge in [0.2, 0.25) is 0 Å². The van der Waals surface area contributed by atoms with Crippen molar-refractivity contribution in [2.75, 3.05) is 0 Å². The van der Waals surface area contributed by atoms with Crippen molar-refractivity contribution >= 4 is 17.8 Å². The zero-order valence-corrected chi connectivity index (χ0v) is 9.06. The SMILES string of the molecule is C(=C/c1cnnc2ccnn12)/c1ccccc1. The molecule has 2 aromatic heterocycles. The molecular weight excluding hydrogens is 212 g/mol. The first-order valence-corrected chi connectivity index (χ1v) is 5.32. The summed E-state index contributed by atoms with van der Waals surface area (Å²) >= 11 is 0. The zero-order chi connectivity index (χ0) is 11.5. The number of rotatable bonds is 2. The van der Waals surface area contributed by atoms with E-state index < -0.39 is 0 Å². The quantitative estimate of drug-likeness (QED) is 0.668. The average molecular weight is 222 g/mol. The van der Waals surface area contributed by atoms with E-state index in [1.165, 1.54) is 0 Å². The highest BCUT2D eigenvalue weighted by molar-refractivity contribution is 5.68. The molecule has 0 amide bonds. The summed E-state index contributed by atoms with van der Waals surface area (Å²) in [6.07, 6.45) is 7.41. The lowest BCUT2D eigenvalue weighted by Gasteiger charge is -1.97. The molecule has 0 aliphatic heterocycles. The molecule has 0 saturated heterocycles. The van der Waals surface area contributed by atoms with Gasteiger partial charge in [-0.25, -0.2) is 4.52 Å². The van der Waals surface area contributed by atoms with Crippen LogP contribution in [-0.2, 0) is 0 Å². The van der Waals surface area contributed by atoms with Gasteiger partial charge in [0.1, 0.15) is 0 Å². The second-order valence-electron chi connectivity index (χ2n) is 3.61. The van der Waals surface area contributed by atoms with Gasteiger partial charge in [-0.3, -0.25) is 0 Å². The third kappa shape index (κ3) is 1.92. The summed E-state index contributed by atoms with van der Waals surface area (Å²) in [4.78, 5) is 0. The second-order valence-corrected chi connectivity index (χ2v) is 3.61. The van der Waals surface area contributed by atoms with Crippen molar-refractivity contribution in [3.8, 4) is 0 Å². The first-order chi connectivity index (χ1) is 8.43. The molecule has 0 bridgehead atoms. The molecule has 2 heterocycles. The van der Waals surface area contributed by atoms with E-state index in [0.29, 0.717) is 0 Å². The molecule has 0 spiro atoms. The van der Waals surface area contributed by atoms with Crippen LogP contribution in [0.4, 0.5) is 0 Å². The van der Waals surface area contributed by atoms with Gasteiger partial charge in [-0.15, -0.1) is 5.10 Å². The van der Waals surface area contributed by atoms with Crippen LogP contribution >= 0.6 is 0 Å². The molecule has 3 rings (SSSR count). The van der Waals surface area contributed by atoms with Crippen LogP contribution in [0.5, 0.6) is 0 Å². The summed E-state index contributed by atoms with van der Waals surface area (Å²) in [7, 11) is 0. The van der Waals surface area contributed by atoms with Gasteiger partial charge in [0.05, 0.1) is 18.1 Å². The highest BCUT2D eigenvalue weighted by Gasteiger charge is 1.98. The average Bonchev–Trinajstić information content (AvgIpc) is 2.86. The van der Waals surface area contributed by atoms with Gasteiger partial charge >= 0.3 is 0 Å². The zero-order valence-electron chi connectivity index (χ0n) is 9.06. The summed E-state index contributed by atoms with van der Waals surface area (Å²) in [5, 5.41) is 12.1. The minimum absolute atomic E-state index is 0.750. The molecule has 0 unspecified atom stereocenters. The van der Waals surface area contributed by atoms with E-state index in [0.717, 1.165) is 16.9 Å². The summed E-state index contributed by atoms with van der Waals surface area (Å²) in [6, 6.07) is 11.9. The molecule has 4 heteroatoms. The number of nitrogens with zero attached hydrogens (tertiary/aromatic N) is 4. The molecule has 1 aromatic carbocycles. The van der Waals surface area contributed by atoms with E-state index in [4.69, 9.17) is 0 Å². The third-order valence-electron chi connectivity index (χ3n) is 2.46. The van der Waals surface area contributed by atoms with Gasteiger partial charge in [-0.05, 0) is 11.6 Å². The monoisotopic (exact) mass is 222 g/mol. The lowest BCUT2D eigenvalue weighted by molar-refractivity contribution is 0.878. The number of benzene rings is 1. The molecule has 0 atom stereocenters. The minimum atomic E-state index is 0.750. The van der Waals surface area contributed by atoms with Crippen LogP contribution in [0.1, 0.15) is 11.3 Å². The maximum atomic E-state index is 4.19. The predicted octanol–water partition coefficient (Wildman–Crippen LogP) is 2.29. The Morgan fingerprint density at radius 2 is 1.88 bits per heavy atom. The molecule has 17 heavy (non-hydrogen) atoms. The van der Waals surface area contributed by atoms with Crippen LogP contribution in [0.2, 0.25) is 0 Å². The van der Waals surface area contributed by atoms with E-state index in [1.807, 2.05) is 48.6 Å². The maximum absolute atomic E-state index is 4.19. The van der Waals surface area contributed by atoms with Crippen LogP contribution in [0.15, 0.2) is 48.8 Å². The topological polar surface area (TPSA) is 43.1 Å². The summed E-state index contributed by atoms with van der Waals surface area (Å²) < 4.78 is 1.76. The van der Waals surface area contributed by atoms with E-state index >= 15 is 0 Å². The van der Waals surface area contributed by atoms with Gasteiger partial charge in [-0.1, -0.05) is 36.4 Å². The van der Waals surface area contributed by atoms with Crippen molar-refractivity contribution in [2.24, 2.45) is 0 Å². The van der Waals surface area contributed by atoms with E-state index in [9.17, 15) is 0 Å². The first kappa shape index (κ1) is 9.72. The standard InChI is InChI=1S/C13H10N4/c1-2-4-11(5-3-1)6-7-12-10-14-16-13-8-9-15-17(12)13/h1-10H/b7-6-. The van der Waals surface area contributed by atoms with E-state index in [2.05, 4.69) is 15.3 Å². The van der Waals surface area contributed by atoms with Crippen molar-refractivity contribution in [1.29, 1.82) is 0 Å². The molecule has 0 N–H and O–H groups in total. The Kier molecular flexibility index (Phi) is 2.38. The highest BCUT2D eigenvalue weighted by Crippen LogP contribution is 2.07. The Morgan fingerprint density at radius 3 is 2.76 bits per heavy atom. The summed E-state index contributed by atoms with van der Waals surface area (Å²) in [5.41, 5.74) is 2.80. The van der Waals surface area contributed by atoms with Crippen LogP contribution in [-0.4, -0.2) is 19.8 Å². The number of fused-ring (bicyclic) bond motifs is 1. The van der Waals surface area contributed by atoms with Crippen molar-refractivity contribution in [3.05, 3.63) is 60.0 Å². The fraction of sp³-hybridized carbons (Fsp3) is 0. The normalized spacial score (nSPS) is 11.3. The van der Waals surface area contributed by atoms with Crippen LogP contribution < -0.4 is 0 Å². The van der Waals surface area contributed by atoms with Crippen molar-refractivity contribution < 1.29 is 0 Å². The van der Waals surface area contributed by atoms with Gasteiger partial charge < -0.3 is 0 Å². The predicted molar refractivity (Wildman–Crippen MR) is 66.2 cm³/mol. The Balaban J connectivity index is 2.00. The minimum Gasteiger partial charge on any atom is -0.212 e. The van der Waals surface area contributed by atoms with Gasteiger partial charge in [0.15, 0.2) is 5.65 Å². The van der Waals surface area contributed by atoms with Crippen molar-refractivity contribution in [2.45, 2.75) is 0 Å². The van der Waals surface area contributed by atoms with Crippen molar-refractivity contribution in [3.63, 3.8) is 0 Å². The number of hydrogen-bond acceptors (Lipinski definition) is 3. The van der Waals surface area contributed by atoms with Crippen LogP contribution in [0, 0.1) is 0 Å². The fourth-order valence-electron chi connectivity index (χ4n) is 1.63. The number of hydrogen-bond donors (Lipinski definition) is 0. The van der Waals surface area contributed by atoms with Crippen molar-refractivity contribution in [1.82, 2.24) is 19.8 Å². The maximum Gasteiger partial charge on any atom is 0.177 e. The summed E-state index contributed by atoms with van der Waals surface area (Å²) in [5.74, 6) is 0. The molecule has 0 aliphatic carbocycles. The van der Waals surface area contributed by atoms with Crippen LogP contribution in [0.3, 0.4) is 0 Å². The lowest BCUT2D eigenvalue weighted by atomic mass is 10.2. The van der Waals surface area contributed by atoms with Gasteiger partial charge in [0, 0.05) is 6.07 Å². The molecular formula is C13H10N4. The van der Waals surface area contributed by atoms with E-state index in [1.54, 1.807) is 16.9 Å². The smallest absolute Gasteiger partial charge is 0.177 e. The fourth-order valence-corrected chi connectivity index (χ4v) is 1.63. The Labute approximate surface area is 98.2 Å². The molecule has 3 aromatic rings. The highest BCUT2D eigenvalue weighted by atomic mass is 15.3. The number of aromatic nitrogens is 4. The largest absolute Gasteiger partial charge is 0.212 e. The third-order valence-corrected chi connectivity index (χ3v) is 2.46. The Morgan fingerprint density at radius 1 is 1.00 bits per heavy atom. The molecule has 82 valence electrons. The van der Waals surface area contributed by atoms with Gasteiger partial charge in [0.25, 0.3) is 0 Å². The van der Waals surface area contributed by atoms with Gasteiger partial charge in [-0.2, -0.15) is 10.2 Å².